The number of ketones is 1. The molecule has 0 bridgehead atoms. The number of carbonyl (C=O) groups excluding carboxylic acids is 1. The van der Waals surface area contributed by atoms with E-state index in [2.05, 4.69) is 20.8 Å². The van der Waals surface area contributed by atoms with Crippen LogP contribution in [0.3, 0.4) is 0 Å². The fourth-order valence-corrected chi connectivity index (χ4v) is 2.03. The van der Waals surface area contributed by atoms with Crippen LogP contribution in [0.4, 0.5) is 0 Å². The molecule has 0 saturated carbocycles. The SMILES string of the molecule is CCCCC(CC)(CC)C(=O)CC. The highest BCUT2D eigenvalue weighted by atomic mass is 16.1. The second-order valence-corrected chi connectivity index (χ2v) is 3.87. The maximum Gasteiger partial charge on any atom is 0.138 e. The second kappa shape index (κ2) is 6.17. The zero-order valence-corrected chi connectivity index (χ0v) is 9.65. The number of rotatable bonds is 7. The molecule has 0 atom stereocenters. The molecular formula is C12H24O. The minimum atomic E-state index is 0.00472. The minimum Gasteiger partial charge on any atom is -0.299 e. The van der Waals surface area contributed by atoms with Gasteiger partial charge in [-0.1, -0.05) is 40.5 Å². The van der Waals surface area contributed by atoms with Crippen molar-refractivity contribution >= 4 is 5.78 Å². The molecule has 0 heterocycles. The van der Waals surface area contributed by atoms with Crippen LogP contribution in [0, 0.1) is 5.41 Å². The molecule has 0 saturated heterocycles. The third-order valence-corrected chi connectivity index (χ3v) is 3.28. The summed E-state index contributed by atoms with van der Waals surface area (Å²) in [7, 11) is 0. The van der Waals surface area contributed by atoms with Gasteiger partial charge in [0.05, 0.1) is 0 Å². The van der Waals surface area contributed by atoms with Gasteiger partial charge in [-0.05, 0) is 19.3 Å². The van der Waals surface area contributed by atoms with Gasteiger partial charge >= 0.3 is 0 Å². The Bertz CT molecular complexity index is 145. The molecule has 0 fully saturated rings. The predicted molar refractivity (Wildman–Crippen MR) is 57.8 cm³/mol. The van der Waals surface area contributed by atoms with E-state index >= 15 is 0 Å². The van der Waals surface area contributed by atoms with Gasteiger partial charge in [0, 0.05) is 11.8 Å². The third kappa shape index (κ3) is 3.13. The van der Waals surface area contributed by atoms with Crippen LogP contribution < -0.4 is 0 Å². The Balaban J connectivity index is 4.39. The van der Waals surface area contributed by atoms with Crippen molar-refractivity contribution in [3.05, 3.63) is 0 Å². The predicted octanol–water partition coefficient (Wildman–Crippen LogP) is 3.96. The van der Waals surface area contributed by atoms with Crippen molar-refractivity contribution in [2.45, 2.75) is 66.2 Å². The lowest BCUT2D eigenvalue weighted by Gasteiger charge is -2.29. The van der Waals surface area contributed by atoms with Crippen molar-refractivity contribution in [2.24, 2.45) is 5.41 Å². The molecule has 0 aromatic heterocycles. The fraction of sp³-hybridized carbons (Fsp3) is 0.917. The van der Waals surface area contributed by atoms with E-state index in [0.717, 1.165) is 19.3 Å². The summed E-state index contributed by atoms with van der Waals surface area (Å²) in [5, 5.41) is 0. The molecule has 0 unspecified atom stereocenters. The van der Waals surface area contributed by atoms with Gasteiger partial charge in [0.25, 0.3) is 0 Å². The average molecular weight is 184 g/mol. The zero-order valence-electron chi connectivity index (χ0n) is 9.65. The van der Waals surface area contributed by atoms with E-state index in [0.29, 0.717) is 12.2 Å². The molecule has 0 aromatic rings. The van der Waals surface area contributed by atoms with Crippen molar-refractivity contribution in [3.8, 4) is 0 Å². The van der Waals surface area contributed by atoms with Crippen molar-refractivity contribution in [1.29, 1.82) is 0 Å². The van der Waals surface area contributed by atoms with E-state index in [-0.39, 0.29) is 5.41 Å². The quantitative estimate of drug-likeness (QED) is 0.585. The Morgan fingerprint density at radius 1 is 1.08 bits per heavy atom. The van der Waals surface area contributed by atoms with Crippen molar-refractivity contribution < 1.29 is 4.79 Å². The first-order valence-corrected chi connectivity index (χ1v) is 5.70. The monoisotopic (exact) mass is 184 g/mol. The van der Waals surface area contributed by atoms with E-state index in [1.807, 2.05) is 6.92 Å². The van der Waals surface area contributed by atoms with Gasteiger partial charge in [-0.25, -0.2) is 0 Å². The van der Waals surface area contributed by atoms with Crippen LogP contribution in [-0.4, -0.2) is 5.78 Å². The van der Waals surface area contributed by atoms with Crippen LogP contribution in [0.1, 0.15) is 66.2 Å². The molecule has 0 aromatic carbocycles. The first-order chi connectivity index (χ1) is 6.16. The number of Topliss-reactive ketones (excluding diaryl/α,β-unsaturated/α-hetero) is 1. The Hall–Kier alpha value is -0.330. The molecule has 0 spiro atoms. The maximum atomic E-state index is 11.8. The van der Waals surface area contributed by atoms with Crippen molar-refractivity contribution in [1.82, 2.24) is 0 Å². The normalized spacial score (nSPS) is 11.7. The summed E-state index contributed by atoms with van der Waals surface area (Å²) in [5.41, 5.74) is 0.00472. The highest BCUT2D eigenvalue weighted by Crippen LogP contribution is 2.34. The molecule has 78 valence electrons. The molecule has 1 heteroatoms. The third-order valence-electron chi connectivity index (χ3n) is 3.28. The Kier molecular flexibility index (Phi) is 6.02. The molecule has 0 N–H and O–H groups in total. The molecule has 0 rings (SSSR count). The van der Waals surface area contributed by atoms with Gasteiger partial charge in [-0.2, -0.15) is 0 Å². The largest absolute Gasteiger partial charge is 0.299 e. The Labute approximate surface area is 82.9 Å². The molecular weight excluding hydrogens is 160 g/mol. The Morgan fingerprint density at radius 2 is 1.62 bits per heavy atom. The summed E-state index contributed by atoms with van der Waals surface area (Å²) in [6.45, 7) is 8.46. The average Bonchev–Trinajstić information content (AvgIpc) is 2.19. The smallest absolute Gasteiger partial charge is 0.138 e. The number of hydrogen-bond donors (Lipinski definition) is 0. The molecule has 0 aliphatic carbocycles. The summed E-state index contributed by atoms with van der Waals surface area (Å²) >= 11 is 0. The minimum absolute atomic E-state index is 0.00472. The lowest BCUT2D eigenvalue weighted by Crippen LogP contribution is -2.29. The van der Waals surface area contributed by atoms with Gasteiger partial charge in [-0.3, -0.25) is 4.79 Å². The topological polar surface area (TPSA) is 17.1 Å². The maximum absolute atomic E-state index is 11.8. The summed E-state index contributed by atoms with van der Waals surface area (Å²) in [6, 6.07) is 0. The second-order valence-electron chi connectivity index (χ2n) is 3.87. The van der Waals surface area contributed by atoms with Crippen molar-refractivity contribution in [3.63, 3.8) is 0 Å². The summed E-state index contributed by atoms with van der Waals surface area (Å²) in [5.74, 6) is 0.464. The van der Waals surface area contributed by atoms with E-state index in [4.69, 9.17) is 0 Å². The first-order valence-electron chi connectivity index (χ1n) is 5.70. The Morgan fingerprint density at radius 3 is 1.92 bits per heavy atom. The van der Waals surface area contributed by atoms with E-state index in [1.165, 1.54) is 12.8 Å². The lowest BCUT2D eigenvalue weighted by molar-refractivity contribution is -0.129. The van der Waals surface area contributed by atoms with Gasteiger partial charge in [0.1, 0.15) is 5.78 Å². The lowest BCUT2D eigenvalue weighted by atomic mass is 9.73. The van der Waals surface area contributed by atoms with Crippen LogP contribution >= 0.6 is 0 Å². The first kappa shape index (κ1) is 12.7. The van der Waals surface area contributed by atoms with Crippen LogP contribution in [0.15, 0.2) is 0 Å². The standard InChI is InChI=1S/C12H24O/c1-5-9-10-12(7-3,8-4)11(13)6-2/h5-10H2,1-4H3. The molecule has 13 heavy (non-hydrogen) atoms. The fourth-order valence-electron chi connectivity index (χ4n) is 2.03. The number of unbranched alkanes of at least 4 members (excludes halogenated alkanes) is 1. The highest BCUT2D eigenvalue weighted by molar-refractivity contribution is 5.84. The molecule has 0 aliphatic rings. The zero-order chi connectivity index (χ0) is 10.3. The summed E-state index contributed by atoms with van der Waals surface area (Å²) in [4.78, 5) is 11.8. The van der Waals surface area contributed by atoms with Gasteiger partial charge < -0.3 is 0 Å². The number of hydrogen-bond acceptors (Lipinski definition) is 1. The molecule has 0 amide bonds. The molecule has 0 aliphatic heterocycles. The van der Waals surface area contributed by atoms with Gasteiger partial charge in [0.2, 0.25) is 0 Å². The van der Waals surface area contributed by atoms with E-state index in [1.54, 1.807) is 0 Å². The molecule has 1 nitrogen and oxygen atoms in total. The number of carbonyl (C=O) groups is 1. The highest BCUT2D eigenvalue weighted by Gasteiger charge is 2.31. The van der Waals surface area contributed by atoms with E-state index in [9.17, 15) is 4.79 Å². The van der Waals surface area contributed by atoms with Crippen molar-refractivity contribution in [2.75, 3.05) is 0 Å². The van der Waals surface area contributed by atoms with Crippen LogP contribution in [-0.2, 0) is 4.79 Å². The van der Waals surface area contributed by atoms with Gasteiger partial charge in [0.15, 0.2) is 0 Å². The van der Waals surface area contributed by atoms with Crippen LogP contribution in [0.5, 0.6) is 0 Å². The molecule has 0 radical (unpaired) electrons. The van der Waals surface area contributed by atoms with Crippen LogP contribution in [0.2, 0.25) is 0 Å². The van der Waals surface area contributed by atoms with Crippen LogP contribution in [0.25, 0.3) is 0 Å². The summed E-state index contributed by atoms with van der Waals surface area (Å²) in [6.07, 6.45) is 6.19. The van der Waals surface area contributed by atoms with Gasteiger partial charge in [-0.15, -0.1) is 0 Å². The summed E-state index contributed by atoms with van der Waals surface area (Å²) < 4.78 is 0. The van der Waals surface area contributed by atoms with E-state index < -0.39 is 0 Å².